The normalized spacial score (nSPS) is 18.9. The van der Waals surface area contributed by atoms with Gasteiger partial charge in [0, 0.05) is 50.0 Å². The first kappa shape index (κ1) is 23.2. The number of anilines is 1. The third-order valence-corrected chi connectivity index (χ3v) is 6.21. The van der Waals surface area contributed by atoms with E-state index in [1.807, 2.05) is 32.7 Å². The number of hydrogen-bond acceptors (Lipinski definition) is 3. The second-order valence-electron chi connectivity index (χ2n) is 9.36. The molecule has 0 radical (unpaired) electrons. The van der Waals surface area contributed by atoms with Crippen LogP contribution in [-0.2, 0) is 4.79 Å². The van der Waals surface area contributed by atoms with E-state index in [9.17, 15) is 14.4 Å². The van der Waals surface area contributed by atoms with Crippen molar-refractivity contribution in [2.45, 2.75) is 45.7 Å². The molecule has 2 aliphatic heterocycles. The minimum Gasteiger partial charge on any atom is -0.341 e. The number of benzene rings is 1. The van der Waals surface area contributed by atoms with Crippen molar-refractivity contribution in [2.75, 3.05) is 38.5 Å². The molecule has 5 amide bonds. The minimum absolute atomic E-state index is 0.0675. The van der Waals surface area contributed by atoms with E-state index in [1.54, 1.807) is 34.1 Å². The number of likely N-dealkylation sites (N-methyl/N-ethyl adjacent to an activating group) is 1. The summed E-state index contributed by atoms with van der Waals surface area (Å²) in [6.07, 6.45) is 1.50. The number of piperidine rings is 1. The summed E-state index contributed by atoms with van der Waals surface area (Å²) >= 11 is 5.88. The fourth-order valence-electron chi connectivity index (χ4n) is 4.07. The number of rotatable bonds is 4. The Labute approximate surface area is 188 Å². The Balaban J connectivity index is 1.59. The SMILES string of the molecule is CN1CCN(C2CCN(C(=O)[C@H](NC(=O)Nc3ccc(Cl)cc3)C(C)(C)C)CC2)C1=O. The molecule has 2 fully saturated rings. The zero-order valence-electron chi connectivity index (χ0n) is 18.7. The molecule has 1 atom stereocenters. The number of carbonyl (C=O) groups excluding carboxylic acids is 3. The van der Waals surface area contributed by atoms with Crippen LogP contribution in [0.25, 0.3) is 0 Å². The molecule has 2 heterocycles. The highest BCUT2D eigenvalue weighted by molar-refractivity contribution is 6.30. The van der Waals surface area contributed by atoms with Crippen molar-refractivity contribution < 1.29 is 14.4 Å². The van der Waals surface area contributed by atoms with E-state index in [1.165, 1.54) is 0 Å². The first-order chi connectivity index (χ1) is 14.6. The van der Waals surface area contributed by atoms with Gasteiger partial charge in [0.1, 0.15) is 6.04 Å². The van der Waals surface area contributed by atoms with Crippen molar-refractivity contribution in [1.82, 2.24) is 20.0 Å². The first-order valence-electron chi connectivity index (χ1n) is 10.7. The van der Waals surface area contributed by atoms with Gasteiger partial charge in [-0.25, -0.2) is 9.59 Å². The van der Waals surface area contributed by atoms with Crippen LogP contribution in [0.15, 0.2) is 24.3 Å². The Bertz CT molecular complexity index is 815. The van der Waals surface area contributed by atoms with Crippen molar-refractivity contribution in [2.24, 2.45) is 5.41 Å². The average molecular weight is 450 g/mol. The number of amides is 5. The highest BCUT2D eigenvalue weighted by atomic mass is 35.5. The van der Waals surface area contributed by atoms with Gasteiger partial charge in [0.15, 0.2) is 0 Å². The molecule has 0 unspecified atom stereocenters. The molecule has 2 saturated heterocycles. The van der Waals surface area contributed by atoms with Gasteiger partial charge in [-0.05, 0) is 42.5 Å². The molecule has 0 spiro atoms. The summed E-state index contributed by atoms with van der Waals surface area (Å²) in [4.78, 5) is 43.6. The third-order valence-electron chi connectivity index (χ3n) is 5.96. The van der Waals surface area contributed by atoms with Gasteiger partial charge in [0.2, 0.25) is 5.91 Å². The Morgan fingerprint density at radius 2 is 1.68 bits per heavy atom. The monoisotopic (exact) mass is 449 g/mol. The molecule has 2 N–H and O–H groups in total. The molecular weight excluding hydrogens is 418 g/mol. The molecule has 3 rings (SSSR count). The van der Waals surface area contributed by atoms with E-state index in [0.29, 0.717) is 23.8 Å². The van der Waals surface area contributed by atoms with Crippen LogP contribution in [0, 0.1) is 5.41 Å². The second-order valence-corrected chi connectivity index (χ2v) is 9.79. The Kier molecular flexibility index (Phi) is 6.99. The van der Waals surface area contributed by atoms with Crippen LogP contribution in [0.1, 0.15) is 33.6 Å². The number of nitrogens with one attached hydrogen (secondary N) is 2. The van der Waals surface area contributed by atoms with Gasteiger partial charge in [0.05, 0.1) is 0 Å². The molecule has 1 aromatic carbocycles. The number of likely N-dealkylation sites (tertiary alicyclic amines) is 1. The van der Waals surface area contributed by atoms with Crippen LogP contribution in [0.5, 0.6) is 0 Å². The smallest absolute Gasteiger partial charge is 0.320 e. The maximum absolute atomic E-state index is 13.3. The summed E-state index contributed by atoms with van der Waals surface area (Å²) in [5, 5.41) is 6.19. The van der Waals surface area contributed by atoms with E-state index in [-0.39, 0.29) is 18.0 Å². The maximum atomic E-state index is 13.3. The lowest BCUT2D eigenvalue weighted by atomic mass is 9.85. The predicted octanol–water partition coefficient (Wildman–Crippen LogP) is 3.23. The zero-order valence-corrected chi connectivity index (χ0v) is 19.4. The van der Waals surface area contributed by atoms with E-state index in [2.05, 4.69) is 10.6 Å². The van der Waals surface area contributed by atoms with Crippen molar-refractivity contribution >= 4 is 35.3 Å². The largest absolute Gasteiger partial charge is 0.341 e. The molecule has 0 aromatic heterocycles. The Morgan fingerprint density at radius 3 is 2.19 bits per heavy atom. The minimum atomic E-state index is -0.670. The molecule has 1 aromatic rings. The van der Waals surface area contributed by atoms with Gasteiger partial charge in [-0.15, -0.1) is 0 Å². The molecule has 0 aliphatic carbocycles. The molecule has 9 heteroatoms. The van der Waals surface area contributed by atoms with Crippen molar-refractivity contribution in [3.8, 4) is 0 Å². The molecule has 0 saturated carbocycles. The van der Waals surface area contributed by atoms with Crippen LogP contribution < -0.4 is 10.6 Å². The molecular formula is C22H32ClN5O3. The van der Waals surface area contributed by atoms with Crippen molar-refractivity contribution in [3.63, 3.8) is 0 Å². The number of urea groups is 2. The third kappa shape index (κ3) is 5.61. The van der Waals surface area contributed by atoms with Gasteiger partial charge < -0.3 is 25.3 Å². The summed E-state index contributed by atoms with van der Waals surface area (Å²) in [5.41, 5.74) is 0.141. The maximum Gasteiger partial charge on any atom is 0.320 e. The van der Waals surface area contributed by atoms with Gasteiger partial charge in [-0.1, -0.05) is 32.4 Å². The van der Waals surface area contributed by atoms with E-state index < -0.39 is 17.5 Å². The fourth-order valence-corrected chi connectivity index (χ4v) is 4.19. The number of halogens is 1. The summed E-state index contributed by atoms with van der Waals surface area (Å²) in [5.74, 6) is -0.0953. The molecule has 0 bridgehead atoms. The van der Waals surface area contributed by atoms with Crippen LogP contribution in [0.4, 0.5) is 15.3 Å². The lowest BCUT2D eigenvalue weighted by Gasteiger charge is -2.40. The van der Waals surface area contributed by atoms with Crippen LogP contribution in [0.2, 0.25) is 5.02 Å². The predicted molar refractivity (Wildman–Crippen MR) is 121 cm³/mol. The second kappa shape index (κ2) is 9.34. The quantitative estimate of drug-likeness (QED) is 0.740. The lowest BCUT2D eigenvalue weighted by Crippen LogP contribution is -2.58. The average Bonchev–Trinajstić information content (AvgIpc) is 3.05. The summed E-state index contributed by atoms with van der Waals surface area (Å²) in [7, 11) is 1.82. The van der Waals surface area contributed by atoms with Crippen LogP contribution in [0.3, 0.4) is 0 Å². The topological polar surface area (TPSA) is 85.0 Å². The summed E-state index contributed by atoms with van der Waals surface area (Å²) < 4.78 is 0. The number of nitrogens with zero attached hydrogens (tertiary/aromatic N) is 3. The fraction of sp³-hybridized carbons (Fsp3) is 0.591. The van der Waals surface area contributed by atoms with Crippen LogP contribution in [-0.4, -0.2) is 78.0 Å². The van der Waals surface area contributed by atoms with E-state index in [0.717, 1.165) is 25.9 Å². The van der Waals surface area contributed by atoms with Crippen molar-refractivity contribution in [3.05, 3.63) is 29.3 Å². The number of hydrogen-bond donors (Lipinski definition) is 2. The summed E-state index contributed by atoms with van der Waals surface area (Å²) in [6, 6.07) is 5.92. The molecule has 31 heavy (non-hydrogen) atoms. The van der Waals surface area contributed by atoms with Gasteiger partial charge >= 0.3 is 12.1 Å². The highest BCUT2D eigenvalue weighted by Crippen LogP contribution is 2.25. The lowest BCUT2D eigenvalue weighted by molar-refractivity contribution is -0.137. The van der Waals surface area contributed by atoms with Gasteiger partial charge in [-0.2, -0.15) is 0 Å². The van der Waals surface area contributed by atoms with Gasteiger partial charge in [-0.3, -0.25) is 4.79 Å². The Hall–Kier alpha value is -2.48. The zero-order chi connectivity index (χ0) is 22.8. The van der Waals surface area contributed by atoms with Crippen molar-refractivity contribution in [1.29, 1.82) is 0 Å². The first-order valence-corrected chi connectivity index (χ1v) is 11.1. The molecule has 8 nitrogen and oxygen atoms in total. The summed E-state index contributed by atoms with van der Waals surface area (Å²) in [6.45, 7) is 8.44. The van der Waals surface area contributed by atoms with Gasteiger partial charge in [0.25, 0.3) is 0 Å². The van der Waals surface area contributed by atoms with E-state index in [4.69, 9.17) is 11.6 Å². The van der Waals surface area contributed by atoms with E-state index >= 15 is 0 Å². The Morgan fingerprint density at radius 1 is 1.06 bits per heavy atom. The highest BCUT2D eigenvalue weighted by Gasteiger charge is 2.39. The standard InChI is InChI=1S/C22H32ClN5O3/c1-22(2,3)18(25-20(30)24-16-7-5-15(23)6-8-16)19(29)27-11-9-17(10-12-27)28-14-13-26(4)21(28)31/h5-8,17-18H,9-14H2,1-4H3,(H2,24,25,30)/t18-/m0/s1. The molecule has 2 aliphatic rings. The number of carbonyl (C=O) groups is 3. The molecule has 170 valence electrons. The van der Waals surface area contributed by atoms with Crippen LogP contribution >= 0.6 is 11.6 Å².